The maximum absolute atomic E-state index is 15.0. The number of benzene rings is 2. The summed E-state index contributed by atoms with van der Waals surface area (Å²) >= 11 is 0. The lowest BCUT2D eigenvalue weighted by atomic mass is 9.95. The van der Waals surface area contributed by atoms with Crippen molar-refractivity contribution in [2.45, 2.75) is 321 Å². The Hall–Kier alpha value is -14.5. The summed E-state index contributed by atoms with van der Waals surface area (Å²) in [6.45, 7) is 19.3. The van der Waals surface area contributed by atoms with E-state index < -0.39 is 295 Å². The molecule has 18 atom stereocenters. The van der Waals surface area contributed by atoms with Crippen LogP contribution >= 0.6 is 0 Å². The summed E-state index contributed by atoms with van der Waals surface area (Å²) in [5.74, 6) is -25.9. The van der Waals surface area contributed by atoms with Gasteiger partial charge in [0, 0.05) is 38.9 Å². The van der Waals surface area contributed by atoms with Crippen LogP contribution in [0.15, 0.2) is 60.7 Å². The zero-order chi connectivity index (χ0) is 112. The summed E-state index contributed by atoms with van der Waals surface area (Å²) in [6.07, 6.45) is -3.07. The predicted molar refractivity (Wildman–Crippen MR) is 553 cm³/mol. The number of primary amides is 2. The average Bonchev–Trinajstić information content (AvgIpc) is 0.826. The van der Waals surface area contributed by atoms with Gasteiger partial charge in [0.25, 0.3) is 0 Å². The van der Waals surface area contributed by atoms with Crippen LogP contribution in [0.5, 0.6) is 0 Å². The molecule has 0 aliphatic carbocycles. The monoisotopic (exact) mass is 2100 g/mol. The van der Waals surface area contributed by atoms with E-state index in [4.69, 9.17) is 62.1 Å². The normalized spacial score (nSPS) is 14.8. The molecule has 2 rings (SSSR count). The number of hydrogen-bond acceptors (Lipinski definition) is 26. The molecule has 0 fully saturated rings. The quantitative estimate of drug-likeness (QED) is 0.0167. The Morgan fingerprint density at radius 2 is 0.564 bits per heavy atom. The largest absolute Gasteiger partial charge is 0.481 e. The van der Waals surface area contributed by atoms with Gasteiger partial charge in [-0.2, -0.15) is 0 Å². The van der Waals surface area contributed by atoms with Gasteiger partial charge >= 0.3 is 11.9 Å². The molecule has 52 nitrogen and oxygen atoms in total. The lowest BCUT2D eigenvalue weighted by molar-refractivity contribution is -0.144. The number of nitrogens with one attached hydrogen (secondary N) is 22. The average molecular weight is 2100 g/mol. The molecular weight excluding hydrogens is 1940 g/mol. The van der Waals surface area contributed by atoms with Crippen LogP contribution in [0.4, 0.5) is 0 Å². The van der Waals surface area contributed by atoms with Crippen LogP contribution in [-0.4, -0.2) is 282 Å². The highest BCUT2D eigenvalue weighted by atomic mass is 16.4. The van der Waals surface area contributed by atoms with Crippen LogP contribution in [0.3, 0.4) is 0 Å². The molecule has 0 saturated carbocycles. The first-order valence-electron chi connectivity index (χ1n) is 50.5. The molecule has 0 spiro atoms. The van der Waals surface area contributed by atoms with E-state index in [0.29, 0.717) is 24.0 Å². The van der Waals surface area contributed by atoms with Crippen LogP contribution in [-0.2, 0) is 109 Å². The molecule has 18 amide bonds. The second-order valence-electron chi connectivity index (χ2n) is 38.5. The lowest BCUT2D eigenvalue weighted by Crippen LogP contribution is -2.62. The third-order valence-corrected chi connectivity index (χ3v) is 24.2. The van der Waals surface area contributed by atoms with E-state index >= 15 is 14.4 Å². The van der Waals surface area contributed by atoms with Gasteiger partial charge in [0.05, 0.1) is 19.4 Å². The highest BCUT2D eigenvalue weighted by Crippen LogP contribution is 2.20. The zero-order valence-corrected chi connectivity index (χ0v) is 87.5. The minimum absolute atomic E-state index is 0.00452. The van der Waals surface area contributed by atoms with Gasteiger partial charge in [-0.1, -0.05) is 157 Å². The fourth-order valence-electron chi connectivity index (χ4n) is 15.5. The number of guanidine groups is 3. The van der Waals surface area contributed by atoms with Crippen molar-refractivity contribution < 1.29 is 106 Å². The molecule has 0 unspecified atom stereocenters. The molecule has 2 aromatic carbocycles. The van der Waals surface area contributed by atoms with Crippen LogP contribution in [0.25, 0.3) is 0 Å². The standard InChI is InChI=1S/C97H164N30O22/c1-13-55(11)77(126-83(137)63(36-27-43-111-97(107)108)114-82(136)64(37-38-71(101)128)118-91(145)75(53(7)8)124-93(147)78(56(12)14-2)127-84(138)62(35-26-42-110-96(105)106)113-79(133)59(32-21-23-39-98)115-86(140)67(112-73(130)50-100)46-57-28-17-15-18-29-57)92(146)117-60(33-22-24-40-99)80(134)123-70(49-74(131)132)89(143)121-68(47-58-30-19-16-20-31-58)87(141)119-65(44-51(3)4)85(139)116-61(34-25-41-109-95(103)104)81(135)122-69(48-72(102)129)88(142)120-66(45-52(5)6)90(144)125-76(54(9)10)94(148)149/h15-20,28-31,51-56,59-70,75-78H,13-14,21-27,32-50,98-100H2,1-12H3,(H2,101,128)(H2,102,129)(H,112,130)(H,113,133)(H,114,136)(H,115,140)(H,116,139)(H,117,146)(H,118,145)(H,119,141)(H,120,142)(H,121,143)(H,122,135)(H,123,134)(H,124,147)(H,125,144)(H,126,137)(H,127,138)(H,131,132)(H,148,149)(H4,103,104,109)(H4,105,106,110)(H4,107,108,111)/t55-,56-,59-,60-,61-,62-,63-,64-,65+,66-,67-,68-,69-,70-,75-,76-,77+,78-/m0/s1. The third-order valence-electron chi connectivity index (χ3n) is 24.2. The molecule has 149 heavy (non-hydrogen) atoms. The number of amides is 18. The highest BCUT2D eigenvalue weighted by molar-refractivity contribution is 6.02. The van der Waals surface area contributed by atoms with Crippen molar-refractivity contribution in [3.8, 4) is 0 Å². The maximum Gasteiger partial charge on any atom is 0.326 e. The first kappa shape index (κ1) is 131. The summed E-state index contributed by atoms with van der Waals surface area (Å²) in [6, 6.07) is -8.50. The molecule has 0 bridgehead atoms. The molecule has 0 radical (unpaired) electrons. The minimum atomic E-state index is -2.06. The summed E-state index contributed by atoms with van der Waals surface area (Å²) in [4.78, 5) is 283. The first-order chi connectivity index (χ1) is 70.2. The third kappa shape index (κ3) is 51.6. The molecule has 40 N–H and O–H groups in total. The topological polar surface area (TPSA) is 890 Å². The van der Waals surface area contributed by atoms with Crippen molar-refractivity contribution in [2.75, 3.05) is 39.3 Å². The van der Waals surface area contributed by atoms with Crippen LogP contribution in [0.2, 0.25) is 0 Å². The fourth-order valence-corrected chi connectivity index (χ4v) is 15.5. The van der Waals surface area contributed by atoms with E-state index in [9.17, 15) is 91.7 Å². The summed E-state index contributed by atoms with van der Waals surface area (Å²) < 4.78 is 0. The van der Waals surface area contributed by atoms with Crippen molar-refractivity contribution in [3.05, 3.63) is 71.8 Å². The number of unbranched alkanes of at least 4 members (excludes halogenated alkanes) is 2. The van der Waals surface area contributed by atoms with E-state index in [-0.39, 0.29) is 141 Å². The minimum Gasteiger partial charge on any atom is -0.481 e. The second kappa shape index (κ2) is 69.6. The van der Waals surface area contributed by atoms with Gasteiger partial charge in [0.2, 0.25) is 106 Å². The Morgan fingerprint density at radius 1 is 0.295 bits per heavy atom. The van der Waals surface area contributed by atoms with Crippen molar-refractivity contribution >= 4 is 136 Å². The predicted octanol–water partition coefficient (Wildman–Crippen LogP) is -5.57. The second-order valence-corrected chi connectivity index (χ2v) is 38.5. The molecule has 52 heteroatoms. The molecule has 0 saturated heterocycles. The molecular formula is C97H164N30O22. The number of carboxylic acid groups (broad SMARTS) is 2. The number of hydrogen-bond donors (Lipinski definition) is 32. The Kier molecular flexibility index (Phi) is 61.0. The SMILES string of the molecule is CC[C@H](C)[C@H](NC(=O)[C@H](CCCNC(=N)N)NC(=O)[C@H](CCCCN)NC(=O)[C@H](Cc1ccccc1)NC(=O)CN)C(=O)N[C@H](C(=O)N[C@@H](CCC(N)=O)C(=O)N[C@@H](CCCNC(=N)N)C(=O)N[C@@H](C(=O)N[C@@H](CCCCN)C(=O)N[C@@H](CC(=O)O)C(=O)N[C@@H](Cc1ccccc1)C(=O)N[C@H](CC(C)C)C(=O)N[C@@H](CCCNC(=N)N)C(=O)N[C@@H](CC(N)=O)C(=O)N[C@@H](CC(C)C)C(=O)N[C@H](C(=O)O)C(C)C)[C@@H](C)CC)C(C)C. The van der Waals surface area contributed by atoms with E-state index in [1.807, 2.05) is 0 Å². The molecule has 0 aliphatic heterocycles. The Labute approximate surface area is 869 Å². The fraction of sp³-hybridized carbons (Fsp3) is 0.639. The van der Waals surface area contributed by atoms with Crippen LogP contribution in [0, 0.1) is 51.7 Å². The number of aliphatic carboxylic acids is 2. The number of carboxylic acids is 2. The maximum atomic E-state index is 15.0. The van der Waals surface area contributed by atoms with Gasteiger partial charge in [0.15, 0.2) is 17.9 Å². The van der Waals surface area contributed by atoms with Crippen LogP contribution in [0.1, 0.15) is 223 Å². The van der Waals surface area contributed by atoms with Crippen molar-refractivity contribution in [1.29, 1.82) is 16.2 Å². The molecule has 0 aromatic heterocycles. The Balaban J connectivity index is 2.72. The van der Waals surface area contributed by atoms with E-state index in [2.05, 4.69) is 101 Å². The van der Waals surface area contributed by atoms with Gasteiger partial charge in [0.1, 0.15) is 96.7 Å². The van der Waals surface area contributed by atoms with E-state index in [1.54, 1.807) is 144 Å². The van der Waals surface area contributed by atoms with Gasteiger partial charge in [-0.25, -0.2) is 4.79 Å². The highest BCUT2D eigenvalue weighted by Gasteiger charge is 2.42. The van der Waals surface area contributed by atoms with Gasteiger partial charge in [-0.15, -0.1) is 0 Å². The van der Waals surface area contributed by atoms with Gasteiger partial charge in [-0.05, 0) is 156 Å². The summed E-state index contributed by atoms with van der Waals surface area (Å²) in [7, 11) is 0. The smallest absolute Gasteiger partial charge is 0.326 e. The lowest BCUT2D eigenvalue weighted by Gasteiger charge is -2.31. The zero-order valence-electron chi connectivity index (χ0n) is 87.5. The molecule has 0 aliphatic rings. The van der Waals surface area contributed by atoms with Crippen molar-refractivity contribution in [2.24, 2.45) is 81.4 Å². The Bertz CT molecular complexity index is 4750. The van der Waals surface area contributed by atoms with Gasteiger partial charge in [-0.3, -0.25) is 107 Å². The molecule has 834 valence electrons. The van der Waals surface area contributed by atoms with E-state index in [0.717, 1.165) is 0 Å². The molecule has 0 heterocycles. The summed E-state index contributed by atoms with van der Waals surface area (Å²) in [5, 5.41) is 92.5. The number of carbonyl (C=O) groups is 20. The van der Waals surface area contributed by atoms with Crippen molar-refractivity contribution in [1.82, 2.24) is 101 Å². The number of rotatable bonds is 74. The first-order valence-corrected chi connectivity index (χ1v) is 50.5. The van der Waals surface area contributed by atoms with Gasteiger partial charge < -0.3 is 157 Å². The molecule has 2 aromatic rings. The number of nitrogens with two attached hydrogens (primary N) is 8. The summed E-state index contributed by atoms with van der Waals surface area (Å²) in [5.41, 5.74) is 46.3. The van der Waals surface area contributed by atoms with E-state index in [1.165, 1.54) is 0 Å². The van der Waals surface area contributed by atoms with Crippen molar-refractivity contribution in [3.63, 3.8) is 0 Å². The van der Waals surface area contributed by atoms with Crippen LogP contribution < -0.4 is 147 Å². The Morgan fingerprint density at radius 3 is 0.879 bits per heavy atom. The number of carbonyl (C=O) groups excluding carboxylic acids is 18.